The third-order valence-corrected chi connectivity index (χ3v) is 3.74. The van der Waals surface area contributed by atoms with Gasteiger partial charge in [-0.05, 0) is 18.9 Å². The highest BCUT2D eigenvalue weighted by Gasteiger charge is 2.13. The van der Waals surface area contributed by atoms with Crippen molar-refractivity contribution < 1.29 is 0 Å². The molecule has 0 atom stereocenters. The van der Waals surface area contributed by atoms with E-state index in [0.29, 0.717) is 18.5 Å². The van der Waals surface area contributed by atoms with E-state index in [1.54, 1.807) is 16.9 Å². The lowest BCUT2D eigenvalue weighted by Crippen LogP contribution is -2.41. The summed E-state index contributed by atoms with van der Waals surface area (Å²) in [6.07, 6.45) is 9.78. The van der Waals surface area contributed by atoms with Gasteiger partial charge in [-0.25, -0.2) is 14.5 Å². The van der Waals surface area contributed by atoms with Gasteiger partial charge in [-0.1, -0.05) is 19.3 Å². The summed E-state index contributed by atoms with van der Waals surface area (Å²) in [7, 11) is 0. The molecule has 1 fully saturated rings. The Labute approximate surface area is 141 Å². The molecule has 3 rings (SSSR count). The van der Waals surface area contributed by atoms with Crippen molar-refractivity contribution in [1.82, 2.24) is 19.9 Å². The van der Waals surface area contributed by atoms with Crippen LogP contribution >= 0.6 is 24.0 Å². The monoisotopic (exact) mass is 400 g/mol. The highest BCUT2D eigenvalue weighted by atomic mass is 127. The Morgan fingerprint density at radius 2 is 2.10 bits per heavy atom. The maximum absolute atomic E-state index is 5.97. The van der Waals surface area contributed by atoms with E-state index in [1.807, 2.05) is 12.1 Å². The number of aromatic nitrogens is 3. The minimum Gasteiger partial charge on any atom is -0.370 e. The number of aliphatic imine (C=N–C) groups is 1. The number of fused-ring (bicyclic) bond motifs is 1. The number of nitrogens with zero attached hydrogens (tertiary/aromatic N) is 4. The number of halogens is 1. The molecule has 3 N–H and O–H groups in total. The Morgan fingerprint density at radius 1 is 1.29 bits per heavy atom. The first-order chi connectivity index (χ1) is 9.83. The Hall–Kier alpha value is -1.38. The fourth-order valence-corrected chi connectivity index (χ4v) is 2.67. The molecule has 1 saturated carbocycles. The van der Waals surface area contributed by atoms with E-state index in [0.717, 1.165) is 11.3 Å². The molecule has 0 spiro atoms. The van der Waals surface area contributed by atoms with Crippen LogP contribution in [0.4, 0.5) is 0 Å². The molecule has 0 radical (unpaired) electrons. The van der Waals surface area contributed by atoms with Gasteiger partial charge in [0.1, 0.15) is 0 Å². The number of nitrogens with one attached hydrogen (secondary N) is 1. The van der Waals surface area contributed by atoms with Crippen LogP contribution in [0, 0.1) is 0 Å². The van der Waals surface area contributed by atoms with Gasteiger partial charge >= 0.3 is 0 Å². The van der Waals surface area contributed by atoms with E-state index in [4.69, 9.17) is 5.73 Å². The number of hydrogen-bond acceptors (Lipinski definition) is 3. The smallest absolute Gasteiger partial charge is 0.189 e. The van der Waals surface area contributed by atoms with Crippen molar-refractivity contribution in [3.63, 3.8) is 0 Å². The summed E-state index contributed by atoms with van der Waals surface area (Å²) < 4.78 is 1.79. The zero-order valence-electron chi connectivity index (χ0n) is 11.9. The van der Waals surface area contributed by atoms with E-state index in [2.05, 4.69) is 20.4 Å². The van der Waals surface area contributed by atoms with E-state index in [9.17, 15) is 0 Å². The van der Waals surface area contributed by atoms with Gasteiger partial charge in [-0.2, -0.15) is 5.10 Å². The quantitative estimate of drug-likeness (QED) is 0.470. The first kappa shape index (κ1) is 16.0. The molecule has 2 aromatic heterocycles. The summed E-state index contributed by atoms with van der Waals surface area (Å²) in [5.74, 6) is 0.522. The largest absolute Gasteiger partial charge is 0.370 e. The second-order valence-corrected chi connectivity index (χ2v) is 5.22. The summed E-state index contributed by atoms with van der Waals surface area (Å²) >= 11 is 0. The molecule has 7 heteroatoms. The van der Waals surface area contributed by atoms with E-state index < -0.39 is 0 Å². The molecule has 0 aliphatic heterocycles. The van der Waals surface area contributed by atoms with Gasteiger partial charge < -0.3 is 11.1 Å². The normalized spacial score (nSPS) is 16.7. The summed E-state index contributed by atoms with van der Waals surface area (Å²) in [6, 6.07) is 4.27. The average molecular weight is 400 g/mol. The zero-order valence-corrected chi connectivity index (χ0v) is 14.2. The van der Waals surface area contributed by atoms with Gasteiger partial charge in [-0.15, -0.1) is 24.0 Å². The Balaban J connectivity index is 0.00000161. The Morgan fingerprint density at radius 3 is 2.90 bits per heavy atom. The molecule has 1 aliphatic carbocycles. The molecule has 21 heavy (non-hydrogen) atoms. The third kappa shape index (κ3) is 4.05. The van der Waals surface area contributed by atoms with Crippen molar-refractivity contribution in [3.8, 4) is 0 Å². The molecular formula is C14H21IN6. The van der Waals surface area contributed by atoms with Crippen LogP contribution in [0.25, 0.3) is 5.65 Å². The molecule has 0 aromatic carbocycles. The summed E-state index contributed by atoms with van der Waals surface area (Å²) in [5.41, 5.74) is 7.78. The molecule has 0 amide bonds. The number of rotatable bonds is 3. The van der Waals surface area contributed by atoms with Crippen molar-refractivity contribution in [2.24, 2.45) is 10.7 Å². The Bertz CT molecular complexity index is 602. The minimum atomic E-state index is 0. The Kier molecular flexibility index (Phi) is 5.77. The van der Waals surface area contributed by atoms with Crippen molar-refractivity contribution >= 4 is 35.6 Å². The number of hydrogen-bond donors (Lipinski definition) is 2. The van der Waals surface area contributed by atoms with Gasteiger partial charge in [0.05, 0.1) is 18.4 Å². The van der Waals surface area contributed by atoms with E-state index in [1.165, 1.54) is 32.1 Å². The predicted molar refractivity (Wildman–Crippen MR) is 93.7 cm³/mol. The van der Waals surface area contributed by atoms with Crippen LogP contribution in [0.1, 0.15) is 37.8 Å². The highest BCUT2D eigenvalue weighted by molar-refractivity contribution is 14.0. The van der Waals surface area contributed by atoms with Crippen molar-refractivity contribution in [3.05, 3.63) is 30.2 Å². The van der Waals surface area contributed by atoms with Crippen LogP contribution in [0.15, 0.2) is 29.5 Å². The van der Waals surface area contributed by atoms with Gasteiger partial charge in [-0.3, -0.25) is 0 Å². The average Bonchev–Trinajstić information content (AvgIpc) is 2.95. The molecule has 1 aliphatic rings. The van der Waals surface area contributed by atoms with E-state index >= 15 is 0 Å². The summed E-state index contributed by atoms with van der Waals surface area (Å²) in [5, 5.41) is 7.55. The minimum absolute atomic E-state index is 0. The maximum atomic E-state index is 5.97. The van der Waals surface area contributed by atoms with Gasteiger partial charge in [0.15, 0.2) is 11.6 Å². The van der Waals surface area contributed by atoms with E-state index in [-0.39, 0.29) is 24.0 Å². The van der Waals surface area contributed by atoms with Crippen LogP contribution in [0.5, 0.6) is 0 Å². The van der Waals surface area contributed by atoms with Crippen molar-refractivity contribution in [2.75, 3.05) is 0 Å². The van der Waals surface area contributed by atoms with Crippen molar-refractivity contribution in [1.29, 1.82) is 0 Å². The molecule has 114 valence electrons. The second kappa shape index (κ2) is 7.58. The van der Waals surface area contributed by atoms with Gasteiger partial charge in [0, 0.05) is 18.3 Å². The van der Waals surface area contributed by atoms with Crippen LogP contribution in [-0.4, -0.2) is 26.6 Å². The van der Waals surface area contributed by atoms with Crippen LogP contribution in [-0.2, 0) is 6.54 Å². The molecular weight excluding hydrogens is 379 g/mol. The zero-order chi connectivity index (χ0) is 13.8. The topological polar surface area (TPSA) is 80.6 Å². The first-order valence-corrected chi connectivity index (χ1v) is 7.17. The third-order valence-electron chi connectivity index (χ3n) is 3.74. The lowest BCUT2D eigenvalue weighted by molar-refractivity contribution is 0.412. The summed E-state index contributed by atoms with van der Waals surface area (Å²) in [6.45, 7) is 0.506. The van der Waals surface area contributed by atoms with Gasteiger partial charge in [0.25, 0.3) is 0 Å². The lowest BCUT2D eigenvalue weighted by atomic mass is 9.96. The molecule has 2 heterocycles. The van der Waals surface area contributed by atoms with Gasteiger partial charge in [0.2, 0.25) is 0 Å². The molecule has 0 saturated heterocycles. The fraction of sp³-hybridized carbons (Fsp3) is 0.500. The first-order valence-electron chi connectivity index (χ1n) is 7.17. The number of guanidine groups is 1. The molecule has 0 bridgehead atoms. The highest BCUT2D eigenvalue weighted by Crippen LogP contribution is 2.17. The fourth-order valence-electron chi connectivity index (χ4n) is 2.67. The predicted octanol–water partition coefficient (Wildman–Crippen LogP) is 2.08. The SMILES string of the molecule is I.NC(=NCc1ccnc2ccnn12)NC1CCCCC1. The van der Waals surface area contributed by atoms with Crippen molar-refractivity contribution in [2.45, 2.75) is 44.7 Å². The number of nitrogens with two attached hydrogens (primary N) is 1. The summed E-state index contributed by atoms with van der Waals surface area (Å²) in [4.78, 5) is 8.64. The molecule has 0 unspecified atom stereocenters. The standard InChI is InChI=1S/C14H20N6.HI/c15-14(19-11-4-2-1-3-5-11)17-10-12-6-8-16-13-7-9-18-20(12)13;/h6-9,11H,1-5,10H2,(H3,15,17,19);1H. The molecule has 6 nitrogen and oxygen atoms in total. The molecule has 2 aromatic rings. The van der Waals surface area contributed by atoms with Crippen LogP contribution in [0.2, 0.25) is 0 Å². The second-order valence-electron chi connectivity index (χ2n) is 5.22. The maximum Gasteiger partial charge on any atom is 0.189 e. The van der Waals surface area contributed by atoms with Crippen LogP contribution < -0.4 is 11.1 Å². The lowest BCUT2D eigenvalue weighted by Gasteiger charge is -2.23. The van der Waals surface area contributed by atoms with Crippen LogP contribution in [0.3, 0.4) is 0 Å².